The number of aliphatic hydroxyl groups is 1. The molecule has 11 heteroatoms. The second kappa shape index (κ2) is 11.2. The molecule has 2 aromatic rings. The minimum absolute atomic E-state index is 0.220. The van der Waals surface area contributed by atoms with Gasteiger partial charge in [0, 0.05) is 37.7 Å². The number of hydrogen-bond acceptors (Lipinski definition) is 6. The highest BCUT2D eigenvalue weighted by molar-refractivity contribution is 7.89. The van der Waals surface area contributed by atoms with Crippen LogP contribution >= 0.6 is 11.6 Å². The van der Waals surface area contributed by atoms with Crippen LogP contribution in [0, 0.1) is 0 Å². The first-order valence-electron chi connectivity index (χ1n) is 9.28. The minimum atomic E-state index is -3.53. The number of carbonyl (C=O) groups is 2. The minimum Gasteiger partial charge on any atom is -0.473 e. The number of sulfonamides is 1. The van der Waals surface area contributed by atoms with Gasteiger partial charge in [-0.25, -0.2) is 18.0 Å². The van der Waals surface area contributed by atoms with E-state index in [-0.39, 0.29) is 4.90 Å². The Hall–Kier alpha value is -2.50. The molecule has 1 saturated heterocycles. The maximum absolute atomic E-state index is 12.7. The van der Waals surface area contributed by atoms with E-state index in [9.17, 15) is 13.5 Å². The molecule has 1 aliphatic rings. The highest BCUT2D eigenvalue weighted by Gasteiger charge is 2.29. The van der Waals surface area contributed by atoms with Crippen LogP contribution in [0.1, 0.15) is 11.7 Å². The molecule has 0 spiro atoms. The number of halogens is 1. The summed E-state index contributed by atoms with van der Waals surface area (Å²) in [4.78, 5) is 20.5. The van der Waals surface area contributed by atoms with Crippen molar-refractivity contribution in [3.05, 3.63) is 65.2 Å². The maximum Gasteiger partial charge on any atom is 0.414 e. The summed E-state index contributed by atoms with van der Waals surface area (Å²) in [5.41, 5.74) is 0.872. The first-order valence-corrected chi connectivity index (χ1v) is 11.1. The van der Waals surface area contributed by atoms with Crippen LogP contribution in [0.2, 0.25) is 5.02 Å². The van der Waals surface area contributed by atoms with E-state index in [0.29, 0.717) is 37.7 Å². The van der Waals surface area contributed by atoms with Gasteiger partial charge in [0.1, 0.15) is 0 Å². The summed E-state index contributed by atoms with van der Waals surface area (Å²) >= 11 is 5.91. The number of aliphatic carboxylic acids is 2. The van der Waals surface area contributed by atoms with Crippen LogP contribution in [0.5, 0.6) is 0 Å². The quantitative estimate of drug-likeness (QED) is 0.560. The van der Waals surface area contributed by atoms with Crippen molar-refractivity contribution in [2.24, 2.45) is 0 Å². The summed E-state index contributed by atoms with van der Waals surface area (Å²) in [5, 5.41) is 25.5. The molecule has 0 bridgehead atoms. The molecule has 3 N–H and O–H groups in total. The van der Waals surface area contributed by atoms with Crippen LogP contribution in [0.15, 0.2) is 59.5 Å². The van der Waals surface area contributed by atoms with Crippen molar-refractivity contribution in [2.75, 3.05) is 32.7 Å². The number of carboxylic acid groups (broad SMARTS) is 2. The molecular weight excluding hydrogens is 448 g/mol. The third-order valence-electron chi connectivity index (χ3n) is 4.56. The van der Waals surface area contributed by atoms with Gasteiger partial charge in [0.2, 0.25) is 10.0 Å². The van der Waals surface area contributed by atoms with Gasteiger partial charge in [-0.05, 0) is 23.8 Å². The summed E-state index contributed by atoms with van der Waals surface area (Å²) in [6, 6.07) is 15.8. The van der Waals surface area contributed by atoms with Crippen LogP contribution in [0.25, 0.3) is 0 Å². The van der Waals surface area contributed by atoms with Gasteiger partial charge in [0.15, 0.2) is 0 Å². The van der Waals surface area contributed by atoms with Crippen LogP contribution in [-0.2, 0) is 19.6 Å². The van der Waals surface area contributed by atoms with Gasteiger partial charge in [-0.3, -0.25) is 4.90 Å². The zero-order valence-corrected chi connectivity index (χ0v) is 18.0. The lowest BCUT2D eigenvalue weighted by Gasteiger charge is -2.35. The molecule has 1 atom stereocenters. The fraction of sp³-hybridized carbons (Fsp3) is 0.300. The Bertz CT molecular complexity index is 982. The van der Waals surface area contributed by atoms with E-state index in [0.717, 1.165) is 5.56 Å². The SMILES string of the molecule is O=C(O)C(=O)O.O=S(=O)(c1cccc(Cl)c1)N1CCN(CC(O)c2ccccc2)CC1. The van der Waals surface area contributed by atoms with Gasteiger partial charge in [0.25, 0.3) is 0 Å². The van der Waals surface area contributed by atoms with Crippen LogP contribution in [0.3, 0.4) is 0 Å². The van der Waals surface area contributed by atoms with Crippen molar-refractivity contribution >= 4 is 33.6 Å². The van der Waals surface area contributed by atoms with Crippen molar-refractivity contribution in [1.29, 1.82) is 0 Å². The monoisotopic (exact) mass is 470 g/mol. The zero-order valence-electron chi connectivity index (χ0n) is 16.5. The lowest BCUT2D eigenvalue weighted by molar-refractivity contribution is -0.159. The molecule has 1 fully saturated rings. The van der Waals surface area contributed by atoms with Gasteiger partial charge in [-0.1, -0.05) is 48.0 Å². The van der Waals surface area contributed by atoms with Crippen LogP contribution < -0.4 is 0 Å². The number of hydrogen-bond donors (Lipinski definition) is 3. The number of β-amino-alcohol motifs (C(OH)–C–C–N with tert-alkyl or cyclic N) is 1. The predicted molar refractivity (Wildman–Crippen MR) is 113 cm³/mol. The number of rotatable bonds is 5. The highest BCUT2D eigenvalue weighted by atomic mass is 35.5. The fourth-order valence-corrected chi connectivity index (χ4v) is 4.68. The van der Waals surface area contributed by atoms with Crippen LogP contribution in [-0.4, -0.2) is 77.6 Å². The number of aliphatic hydroxyl groups excluding tert-OH is 1. The molecule has 0 saturated carbocycles. The standard InChI is InChI=1S/C18H21ClN2O3S.C2H2O4/c19-16-7-4-8-17(13-16)25(23,24)21-11-9-20(10-12-21)14-18(22)15-5-2-1-3-6-15;3-1(4)2(5)6/h1-8,13,18,22H,9-12,14H2;(H,3,4)(H,5,6). The third kappa shape index (κ3) is 7.30. The molecule has 0 amide bonds. The first-order chi connectivity index (χ1) is 14.6. The van der Waals surface area contributed by atoms with Crippen molar-refractivity contribution in [3.8, 4) is 0 Å². The Balaban J connectivity index is 0.000000501. The summed E-state index contributed by atoms with van der Waals surface area (Å²) in [7, 11) is -3.53. The Morgan fingerprint density at radius 3 is 2.03 bits per heavy atom. The zero-order chi connectivity index (χ0) is 23.0. The average molecular weight is 471 g/mol. The summed E-state index contributed by atoms with van der Waals surface area (Å²) < 4.78 is 26.9. The van der Waals surface area contributed by atoms with Gasteiger partial charge < -0.3 is 15.3 Å². The number of piperazine rings is 1. The van der Waals surface area contributed by atoms with Gasteiger partial charge in [0.05, 0.1) is 11.0 Å². The second-order valence-corrected chi connectivity index (χ2v) is 9.07. The molecule has 9 nitrogen and oxygen atoms in total. The van der Waals surface area contributed by atoms with E-state index in [2.05, 4.69) is 4.90 Å². The normalized spacial score (nSPS) is 16.1. The first kappa shape index (κ1) is 24.8. The Morgan fingerprint density at radius 2 is 1.52 bits per heavy atom. The molecule has 31 heavy (non-hydrogen) atoms. The number of nitrogens with zero attached hydrogens (tertiary/aromatic N) is 2. The highest BCUT2D eigenvalue weighted by Crippen LogP contribution is 2.22. The number of benzene rings is 2. The van der Waals surface area contributed by atoms with Gasteiger partial charge in [-0.15, -0.1) is 0 Å². The van der Waals surface area contributed by atoms with Gasteiger partial charge in [-0.2, -0.15) is 4.31 Å². The molecule has 2 aromatic carbocycles. The van der Waals surface area contributed by atoms with Crippen molar-refractivity contribution < 1.29 is 33.3 Å². The summed E-state index contributed by atoms with van der Waals surface area (Å²) in [5.74, 6) is -3.65. The van der Waals surface area contributed by atoms with E-state index < -0.39 is 28.1 Å². The molecule has 1 heterocycles. The molecule has 1 unspecified atom stereocenters. The van der Waals surface area contributed by atoms with E-state index in [1.165, 1.54) is 10.4 Å². The lowest BCUT2D eigenvalue weighted by atomic mass is 10.1. The molecule has 1 aliphatic heterocycles. The lowest BCUT2D eigenvalue weighted by Crippen LogP contribution is -2.49. The Morgan fingerprint density at radius 1 is 0.935 bits per heavy atom. The predicted octanol–water partition coefficient (Wildman–Crippen LogP) is 1.54. The van der Waals surface area contributed by atoms with E-state index >= 15 is 0 Å². The Labute approximate surface area is 185 Å². The largest absolute Gasteiger partial charge is 0.473 e. The topological polar surface area (TPSA) is 135 Å². The van der Waals surface area contributed by atoms with Crippen molar-refractivity contribution in [3.63, 3.8) is 0 Å². The smallest absolute Gasteiger partial charge is 0.414 e. The van der Waals surface area contributed by atoms with Crippen molar-refractivity contribution in [2.45, 2.75) is 11.0 Å². The average Bonchev–Trinajstić information content (AvgIpc) is 2.75. The van der Waals surface area contributed by atoms with Crippen LogP contribution in [0.4, 0.5) is 0 Å². The summed E-state index contributed by atoms with van der Waals surface area (Å²) in [6.07, 6.45) is -0.572. The van der Waals surface area contributed by atoms with E-state index in [4.69, 9.17) is 31.4 Å². The van der Waals surface area contributed by atoms with Gasteiger partial charge >= 0.3 is 11.9 Å². The number of carboxylic acids is 2. The molecule has 168 valence electrons. The molecule has 0 radical (unpaired) electrons. The van der Waals surface area contributed by atoms with E-state index in [1.54, 1.807) is 18.2 Å². The second-order valence-electron chi connectivity index (χ2n) is 6.70. The third-order valence-corrected chi connectivity index (χ3v) is 6.69. The van der Waals surface area contributed by atoms with E-state index in [1.807, 2.05) is 30.3 Å². The molecular formula is C20H23ClN2O7S. The molecule has 0 aliphatic carbocycles. The Kier molecular flexibility index (Phi) is 8.96. The maximum atomic E-state index is 12.7. The molecule has 0 aromatic heterocycles. The van der Waals surface area contributed by atoms with Crippen molar-refractivity contribution in [1.82, 2.24) is 9.21 Å². The fourth-order valence-electron chi connectivity index (χ4n) is 2.95. The molecule has 3 rings (SSSR count). The summed E-state index contributed by atoms with van der Waals surface area (Å²) in [6.45, 7) is 2.47.